The van der Waals surface area contributed by atoms with Crippen molar-refractivity contribution in [3.05, 3.63) is 11.4 Å². The largest absolute Gasteiger partial charge is 0.408 e. The first-order valence-corrected chi connectivity index (χ1v) is 6.14. The topological polar surface area (TPSA) is 73.8 Å². The quantitative estimate of drug-likeness (QED) is 0.906. The molecule has 5 nitrogen and oxygen atoms in total. The van der Waals surface area contributed by atoms with E-state index >= 15 is 0 Å². The number of carbonyl (C=O) groups excluding carboxylic acids is 1. The predicted octanol–water partition coefficient (Wildman–Crippen LogP) is 1.53. The molecule has 2 N–H and O–H groups in total. The minimum atomic E-state index is -4.36. The summed E-state index contributed by atoms with van der Waals surface area (Å²) in [5.74, 6) is -0.620. The molecule has 1 aliphatic carbocycles. The van der Waals surface area contributed by atoms with Crippen LogP contribution in [-0.4, -0.2) is 27.1 Å². The fourth-order valence-corrected chi connectivity index (χ4v) is 2.58. The molecule has 1 saturated carbocycles. The summed E-state index contributed by atoms with van der Waals surface area (Å²) in [5, 5.41) is 7.24. The highest BCUT2D eigenvalue weighted by atomic mass is 19.4. The molecule has 1 fully saturated rings. The molecular weight excluding hydrogens is 261 g/mol. The summed E-state index contributed by atoms with van der Waals surface area (Å²) in [5.41, 5.74) is 5.80. The van der Waals surface area contributed by atoms with Crippen molar-refractivity contribution in [3.8, 4) is 0 Å². The van der Waals surface area contributed by atoms with Gasteiger partial charge in [-0.15, -0.1) is 5.10 Å². The van der Waals surface area contributed by atoms with Gasteiger partial charge >= 0.3 is 6.18 Å². The van der Waals surface area contributed by atoms with Gasteiger partial charge in [0.25, 0.3) is 0 Å². The van der Waals surface area contributed by atoms with Crippen LogP contribution in [0.1, 0.15) is 43.0 Å². The first kappa shape index (κ1) is 13.8. The molecule has 19 heavy (non-hydrogen) atoms. The van der Waals surface area contributed by atoms with Crippen molar-refractivity contribution in [2.45, 2.75) is 50.7 Å². The van der Waals surface area contributed by atoms with Crippen LogP contribution in [0, 0.1) is 0 Å². The zero-order valence-corrected chi connectivity index (χ0v) is 10.3. The Kier molecular flexibility index (Phi) is 3.77. The Morgan fingerprint density at radius 3 is 2.53 bits per heavy atom. The second kappa shape index (κ2) is 5.18. The molecule has 2 rings (SSSR count). The number of aromatic nitrogens is 3. The van der Waals surface area contributed by atoms with Gasteiger partial charge in [0.15, 0.2) is 0 Å². The van der Waals surface area contributed by atoms with Gasteiger partial charge in [-0.1, -0.05) is 18.1 Å². The molecule has 8 heteroatoms. The van der Waals surface area contributed by atoms with Crippen LogP contribution in [0.4, 0.5) is 13.2 Å². The second-order valence-corrected chi connectivity index (χ2v) is 4.82. The van der Waals surface area contributed by atoms with Crippen molar-refractivity contribution in [2.75, 3.05) is 0 Å². The van der Waals surface area contributed by atoms with E-state index in [1.54, 1.807) is 0 Å². The third kappa shape index (κ3) is 3.45. The van der Waals surface area contributed by atoms with Crippen molar-refractivity contribution < 1.29 is 18.0 Å². The monoisotopic (exact) mass is 276 g/mol. The van der Waals surface area contributed by atoms with Gasteiger partial charge in [0.1, 0.15) is 6.54 Å². The number of hydrogen-bond donors (Lipinski definition) is 1. The minimum Gasteiger partial charge on any atom is -0.369 e. The van der Waals surface area contributed by atoms with Crippen molar-refractivity contribution in [3.63, 3.8) is 0 Å². The normalized spacial score (nSPS) is 17.0. The maximum atomic E-state index is 12.5. The molecule has 0 radical (unpaired) electrons. The van der Waals surface area contributed by atoms with E-state index in [0.29, 0.717) is 5.69 Å². The van der Waals surface area contributed by atoms with E-state index < -0.39 is 18.6 Å². The van der Waals surface area contributed by atoms with Crippen LogP contribution in [0.2, 0.25) is 0 Å². The number of primary amides is 1. The molecule has 0 unspecified atom stereocenters. The minimum absolute atomic E-state index is 0.00769. The fourth-order valence-electron chi connectivity index (χ4n) is 2.58. The maximum Gasteiger partial charge on any atom is 0.408 e. The van der Waals surface area contributed by atoms with Crippen LogP contribution in [0.5, 0.6) is 0 Å². The first-order valence-electron chi connectivity index (χ1n) is 6.14. The number of alkyl halides is 3. The lowest BCUT2D eigenvalue weighted by Crippen LogP contribution is -2.22. The summed E-state index contributed by atoms with van der Waals surface area (Å²) < 4.78 is 38.4. The molecule has 1 aromatic heterocycles. The zero-order chi connectivity index (χ0) is 14.0. The Hall–Kier alpha value is -1.60. The smallest absolute Gasteiger partial charge is 0.369 e. The van der Waals surface area contributed by atoms with Crippen molar-refractivity contribution >= 4 is 5.91 Å². The van der Waals surface area contributed by atoms with Crippen molar-refractivity contribution in [2.24, 2.45) is 5.73 Å². The molecule has 0 spiro atoms. The van der Waals surface area contributed by atoms with Gasteiger partial charge in [0.05, 0.1) is 17.8 Å². The SMILES string of the molecule is NC(=O)Cc1nnn(CC(F)(F)F)c1C1CCCC1. The van der Waals surface area contributed by atoms with Gasteiger partial charge in [-0.3, -0.25) is 4.79 Å². The third-order valence-corrected chi connectivity index (χ3v) is 3.26. The number of nitrogens with zero attached hydrogens (tertiary/aromatic N) is 3. The number of carbonyl (C=O) groups is 1. The molecule has 0 aromatic carbocycles. The third-order valence-electron chi connectivity index (χ3n) is 3.26. The Morgan fingerprint density at radius 1 is 1.37 bits per heavy atom. The molecule has 1 aliphatic rings. The first-order chi connectivity index (χ1) is 8.87. The molecular formula is C11H15F3N4O. The average molecular weight is 276 g/mol. The van der Waals surface area contributed by atoms with Crippen LogP contribution >= 0.6 is 0 Å². The lowest BCUT2D eigenvalue weighted by Gasteiger charge is -2.14. The predicted molar refractivity (Wildman–Crippen MR) is 60.2 cm³/mol. The van der Waals surface area contributed by atoms with Gasteiger partial charge in [0.2, 0.25) is 5.91 Å². The molecule has 106 valence electrons. The van der Waals surface area contributed by atoms with E-state index in [1.165, 1.54) is 0 Å². The van der Waals surface area contributed by atoms with E-state index in [2.05, 4.69) is 10.3 Å². The van der Waals surface area contributed by atoms with Gasteiger partial charge in [-0.2, -0.15) is 13.2 Å². The molecule has 1 heterocycles. The summed E-state index contributed by atoms with van der Waals surface area (Å²) in [7, 11) is 0. The van der Waals surface area contributed by atoms with Gasteiger partial charge < -0.3 is 5.73 Å². The number of nitrogens with two attached hydrogens (primary N) is 1. The van der Waals surface area contributed by atoms with E-state index in [4.69, 9.17) is 5.73 Å². The van der Waals surface area contributed by atoms with E-state index in [-0.39, 0.29) is 18.0 Å². The van der Waals surface area contributed by atoms with E-state index in [1.807, 2.05) is 0 Å². The maximum absolute atomic E-state index is 12.5. The van der Waals surface area contributed by atoms with Crippen LogP contribution in [-0.2, 0) is 17.8 Å². The summed E-state index contributed by atoms with van der Waals surface area (Å²) in [4.78, 5) is 11.0. The Bertz CT molecular complexity index is 463. The van der Waals surface area contributed by atoms with Crippen LogP contribution in [0.15, 0.2) is 0 Å². The van der Waals surface area contributed by atoms with E-state index in [0.717, 1.165) is 30.4 Å². The molecule has 0 bridgehead atoms. The Balaban J connectivity index is 2.31. The van der Waals surface area contributed by atoms with Gasteiger partial charge in [0, 0.05) is 5.92 Å². The summed E-state index contributed by atoms with van der Waals surface area (Å²) >= 11 is 0. The lowest BCUT2D eigenvalue weighted by molar-refractivity contribution is -0.143. The van der Waals surface area contributed by atoms with Crippen LogP contribution in [0.3, 0.4) is 0 Å². The fraction of sp³-hybridized carbons (Fsp3) is 0.727. The molecule has 0 saturated heterocycles. The summed E-state index contributed by atoms with van der Waals surface area (Å²) in [6.07, 6.45) is -0.974. The zero-order valence-electron chi connectivity index (χ0n) is 10.3. The Morgan fingerprint density at radius 2 is 2.00 bits per heavy atom. The lowest BCUT2D eigenvalue weighted by atomic mass is 10.0. The van der Waals surface area contributed by atoms with Crippen molar-refractivity contribution in [1.82, 2.24) is 15.0 Å². The highest BCUT2D eigenvalue weighted by Crippen LogP contribution is 2.36. The highest BCUT2D eigenvalue weighted by molar-refractivity contribution is 5.76. The number of amides is 1. The van der Waals surface area contributed by atoms with Crippen LogP contribution in [0.25, 0.3) is 0 Å². The number of hydrogen-bond acceptors (Lipinski definition) is 3. The summed E-state index contributed by atoms with van der Waals surface area (Å²) in [6.45, 7) is -1.18. The standard InChI is InChI=1S/C11H15F3N4O/c12-11(13,14)6-18-10(7-3-1-2-4-7)8(16-17-18)5-9(15)19/h7H,1-6H2,(H2,15,19). The molecule has 1 amide bonds. The molecule has 0 atom stereocenters. The Labute approximate surface area is 108 Å². The van der Waals surface area contributed by atoms with Gasteiger partial charge in [-0.05, 0) is 12.8 Å². The van der Waals surface area contributed by atoms with Crippen LogP contribution < -0.4 is 5.73 Å². The highest BCUT2D eigenvalue weighted by Gasteiger charge is 2.33. The number of rotatable bonds is 4. The summed E-state index contributed by atoms with van der Waals surface area (Å²) in [6, 6.07) is 0. The number of halogens is 3. The average Bonchev–Trinajstić information content (AvgIpc) is 2.85. The molecule has 1 aromatic rings. The molecule has 0 aliphatic heterocycles. The van der Waals surface area contributed by atoms with E-state index in [9.17, 15) is 18.0 Å². The van der Waals surface area contributed by atoms with Crippen molar-refractivity contribution in [1.29, 1.82) is 0 Å². The second-order valence-electron chi connectivity index (χ2n) is 4.82. The van der Waals surface area contributed by atoms with Gasteiger partial charge in [-0.25, -0.2) is 4.68 Å².